The van der Waals surface area contributed by atoms with E-state index in [0.29, 0.717) is 17.8 Å². The molecule has 32 heavy (non-hydrogen) atoms. The van der Waals surface area contributed by atoms with Crippen molar-refractivity contribution < 1.29 is 9.53 Å². The highest BCUT2D eigenvalue weighted by Crippen LogP contribution is 2.34. The lowest BCUT2D eigenvalue weighted by atomic mass is 9.95. The van der Waals surface area contributed by atoms with Gasteiger partial charge in [0.25, 0.3) is 5.91 Å². The molecular weight excluding hydrogens is 420 g/mol. The Kier molecular flexibility index (Phi) is 6.30. The fourth-order valence-electron chi connectivity index (χ4n) is 4.54. The summed E-state index contributed by atoms with van der Waals surface area (Å²) in [6, 6.07) is 19.8. The molecule has 0 aliphatic carbocycles. The molecule has 3 aromatic rings. The zero-order valence-electron chi connectivity index (χ0n) is 18.1. The standard InChI is InChI=1S/C25H28N4O2S/c30-24(26-18-25(11-16-32-19-25)28-12-14-31-15-13-28)22-17-29(21-9-5-2-6-10-21)27-23(22)20-7-3-1-4-8-20/h1-10,17H,11-16,18-19H2,(H,26,30). The van der Waals surface area contributed by atoms with Gasteiger partial charge in [-0.1, -0.05) is 48.5 Å². The van der Waals surface area contributed by atoms with Gasteiger partial charge in [-0.2, -0.15) is 16.9 Å². The van der Waals surface area contributed by atoms with Crippen molar-refractivity contribution in [3.8, 4) is 16.9 Å². The van der Waals surface area contributed by atoms with Gasteiger partial charge in [0, 0.05) is 42.7 Å². The van der Waals surface area contributed by atoms with Gasteiger partial charge in [0.05, 0.1) is 24.5 Å². The Labute approximate surface area is 192 Å². The lowest BCUT2D eigenvalue weighted by Gasteiger charge is -2.43. The van der Waals surface area contributed by atoms with Gasteiger partial charge in [-0.3, -0.25) is 9.69 Å². The zero-order chi connectivity index (χ0) is 21.8. The van der Waals surface area contributed by atoms with Gasteiger partial charge in [0.2, 0.25) is 0 Å². The van der Waals surface area contributed by atoms with Crippen LogP contribution in [-0.4, -0.2) is 70.5 Å². The molecule has 2 aromatic carbocycles. The summed E-state index contributed by atoms with van der Waals surface area (Å²) in [5.41, 5.74) is 3.18. The first kappa shape index (κ1) is 21.2. The summed E-state index contributed by atoms with van der Waals surface area (Å²) >= 11 is 1.97. The number of carbonyl (C=O) groups excluding carboxylic acids is 1. The average molecular weight is 449 g/mol. The number of para-hydroxylation sites is 1. The van der Waals surface area contributed by atoms with Crippen LogP contribution in [0.1, 0.15) is 16.8 Å². The third-order valence-electron chi connectivity index (χ3n) is 6.37. The van der Waals surface area contributed by atoms with E-state index in [9.17, 15) is 4.79 Å². The second kappa shape index (κ2) is 9.48. The van der Waals surface area contributed by atoms with E-state index in [-0.39, 0.29) is 11.4 Å². The van der Waals surface area contributed by atoms with Gasteiger partial charge in [-0.25, -0.2) is 4.68 Å². The molecule has 0 saturated carbocycles. The number of nitrogens with zero attached hydrogens (tertiary/aromatic N) is 3. The van der Waals surface area contributed by atoms with Crippen LogP contribution in [0.3, 0.4) is 0 Å². The number of ether oxygens (including phenoxy) is 1. The van der Waals surface area contributed by atoms with Crippen LogP contribution in [0.15, 0.2) is 66.9 Å². The third kappa shape index (κ3) is 4.33. The minimum absolute atomic E-state index is 0.00639. The Balaban J connectivity index is 1.41. The summed E-state index contributed by atoms with van der Waals surface area (Å²) in [7, 11) is 0. The van der Waals surface area contributed by atoms with E-state index in [2.05, 4.69) is 10.2 Å². The summed E-state index contributed by atoms with van der Waals surface area (Å²) < 4.78 is 7.35. The third-order valence-corrected chi connectivity index (χ3v) is 7.60. The first-order valence-corrected chi connectivity index (χ1v) is 12.3. The number of hydrogen-bond donors (Lipinski definition) is 1. The first-order valence-electron chi connectivity index (χ1n) is 11.1. The number of benzene rings is 2. The second-order valence-electron chi connectivity index (χ2n) is 8.35. The Morgan fingerprint density at radius 3 is 2.47 bits per heavy atom. The number of nitrogens with one attached hydrogen (secondary N) is 1. The largest absolute Gasteiger partial charge is 0.379 e. The molecule has 6 nitrogen and oxygen atoms in total. The fourth-order valence-corrected chi connectivity index (χ4v) is 6.01. The number of morpholine rings is 1. The summed E-state index contributed by atoms with van der Waals surface area (Å²) in [6.45, 7) is 4.03. The van der Waals surface area contributed by atoms with Crippen molar-refractivity contribution in [2.24, 2.45) is 0 Å². The Morgan fingerprint density at radius 1 is 1.06 bits per heavy atom. The van der Waals surface area contributed by atoms with Crippen LogP contribution in [0.5, 0.6) is 0 Å². The average Bonchev–Trinajstić information content (AvgIpc) is 3.53. The summed E-state index contributed by atoms with van der Waals surface area (Å²) in [5.74, 6) is 2.10. The van der Waals surface area contributed by atoms with E-state index in [0.717, 1.165) is 55.5 Å². The zero-order valence-corrected chi connectivity index (χ0v) is 18.9. The summed E-state index contributed by atoms with van der Waals surface area (Å²) in [4.78, 5) is 16.0. The molecule has 3 heterocycles. The molecule has 2 aliphatic rings. The highest BCUT2D eigenvalue weighted by atomic mass is 32.2. The van der Waals surface area contributed by atoms with E-state index in [1.807, 2.05) is 78.6 Å². The van der Waals surface area contributed by atoms with Crippen molar-refractivity contribution in [2.45, 2.75) is 12.0 Å². The van der Waals surface area contributed by atoms with Crippen LogP contribution in [0.4, 0.5) is 0 Å². The smallest absolute Gasteiger partial charge is 0.255 e. The maximum atomic E-state index is 13.5. The lowest BCUT2D eigenvalue weighted by Crippen LogP contribution is -2.59. The Hall–Kier alpha value is -2.61. The highest BCUT2D eigenvalue weighted by Gasteiger charge is 2.41. The van der Waals surface area contributed by atoms with Crippen LogP contribution in [0.25, 0.3) is 16.9 Å². The van der Waals surface area contributed by atoms with Gasteiger partial charge in [0.15, 0.2) is 0 Å². The quantitative estimate of drug-likeness (QED) is 0.626. The molecule has 0 radical (unpaired) electrons. The van der Waals surface area contributed by atoms with Crippen molar-refractivity contribution in [1.29, 1.82) is 0 Å². The molecule has 1 atom stereocenters. The van der Waals surface area contributed by atoms with Gasteiger partial charge >= 0.3 is 0 Å². The van der Waals surface area contributed by atoms with Crippen molar-refractivity contribution in [2.75, 3.05) is 44.4 Å². The van der Waals surface area contributed by atoms with E-state index in [1.54, 1.807) is 4.68 Å². The fraction of sp³-hybridized carbons (Fsp3) is 0.360. The number of carbonyl (C=O) groups is 1. The number of amides is 1. The SMILES string of the molecule is O=C(NCC1(N2CCOCC2)CCSC1)c1cn(-c2ccccc2)nc1-c1ccccc1. The predicted molar refractivity (Wildman–Crippen MR) is 128 cm³/mol. The van der Waals surface area contributed by atoms with Crippen LogP contribution in [0.2, 0.25) is 0 Å². The van der Waals surface area contributed by atoms with Crippen molar-refractivity contribution in [3.05, 3.63) is 72.4 Å². The maximum Gasteiger partial charge on any atom is 0.255 e. The maximum absolute atomic E-state index is 13.5. The van der Waals surface area contributed by atoms with Crippen LogP contribution < -0.4 is 5.32 Å². The van der Waals surface area contributed by atoms with Gasteiger partial charge in [-0.05, 0) is 24.3 Å². The Bertz CT molecular complexity index is 1040. The molecule has 1 aromatic heterocycles. The minimum atomic E-state index is -0.0735. The number of thioether (sulfide) groups is 1. The van der Waals surface area contributed by atoms with Crippen LogP contribution in [-0.2, 0) is 4.74 Å². The lowest BCUT2D eigenvalue weighted by molar-refractivity contribution is -0.0129. The number of rotatable bonds is 6. The van der Waals surface area contributed by atoms with Gasteiger partial charge < -0.3 is 10.1 Å². The predicted octanol–water partition coefficient (Wildman–Crippen LogP) is 3.48. The van der Waals surface area contributed by atoms with Crippen molar-refractivity contribution in [1.82, 2.24) is 20.0 Å². The van der Waals surface area contributed by atoms with Crippen LogP contribution >= 0.6 is 11.8 Å². The molecule has 166 valence electrons. The first-order chi connectivity index (χ1) is 15.8. The van der Waals surface area contributed by atoms with Gasteiger partial charge in [-0.15, -0.1) is 0 Å². The molecule has 7 heteroatoms. The molecule has 2 fully saturated rings. The molecule has 2 saturated heterocycles. The normalized spacial score (nSPS) is 21.5. The van der Waals surface area contributed by atoms with Crippen LogP contribution in [0, 0.1) is 0 Å². The van der Waals surface area contributed by atoms with E-state index in [4.69, 9.17) is 9.84 Å². The van der Waals surface area contributed by atoms with Gasteiger partial charge in [0.1, 0.15) is 5.69 Å². The molecular formula is C25H28N4O2S. The van der Waals surface area contributed by atoms with Crippen molar-refractivity contribution >= 4 is 17.7 Å². The number of aromatic nitrogens is 2. The summed E-state index contributed by atoms with van der Waals surface area (Å²) in [6.07, 6.45) is 2.94. The molecule has 0 spiro atoms. The monoisotopic (exact) mass is 448 g/mol. The molecule has 1 amide bonds. The molecule has 1 unspecified atom stereocenters. The van der Waals surface area contributed by atoms with E-state index >= 15 is 0 Å². The Morgan fingerprint density at radius 2 is 1.78 bits per heavy atom. The molecule has 1 N–H and O–H groups in total. The molecule has 2 aliphatic heterocycles. The second-order valence-corrected chi connectivity index (χ2v) is 9.45. The topological polar surface area (TPSA) is 59.4 Å². The number of hydrogen-bond acceptors (Lipinski definition) is 5. The molecule has 5 rings (SSSR count). The highest BCUT2D eigenvalue weighted by molar-refractivity contribution is 7.99. The van der Waals surface area contributed by atoms with Crippen molar-refractivity contribution in [3.63, 3.8) is 0 Å². The van der Waals surface area contributed by atoms with E-state index in [1.165, 1.54) is 0 Å². The van der Waals surface area contributed by atoms with E-state index < -0.39 is 0 Å². The minimum Gasteiger partial charge on any atom is -0.379 e. The summed E-state index contributed by atoms with van der Waals surface area (Å²) in [5, 5.41) is 8.05. The molecule has 0 bridgehead atoms.